The van der Waals surface area contributed by atoms with Gasteiger partial charge in [-0.05, 0) is 45.4 Å². The van der Waals surface area contributed by atoms with Crippen LogP contribution in [0.4, 0.5) is 0 Å². The maximum absolute atomic E-state index is 12.4. The van der Waals surface area contributed by atoms with Crippen LogP contribution in [-0.4, -0.2) is 35.0 Å². The zero-order valence-corrected chi connectivity index (χ0v) is 11.8. The van der Waals surface area contributed by atoms with Crippen molar-refractivity contribution in [3.05, 3.63) is 12.2 Å². The fourth-order valence-electron chi connectivity index (χ4n) is 3.02. The van der Waals surface area contributed by atoms with Gasteiger partial charge in [-0.25, -0.2) is 0 Å². The van der Waals surface area contributed by atoms with Crippen LogP contribution in [0.25, 0.3) is 0 Å². The number of carboxylic acid groups (broad SMARTS) is 1. The topological polar surface area (TPSA) is 57.6 Å². The third kappa shape index (κ3) is 2.82. The molecule has 1 aliphatic carbocycles. The molecule has 0 unspecified atom stereocenters. The first-order valence-electron chi connectivity index (χ1n) is 7.10. The average Bonchev–Trinajstić information content (AvgIpc) is 2.91. The molecule has 0 saturated carbocycles. The summed E-state index contributed by atoms with van der Waals surface area (Å²) in [7, 11) is 0. The third-order valence-corrected chi connectivity index (χ3v) is 4.66. The summed E-state index contributed by atoms with van der Waals surface area (Å²) in [5.74, 6) is -0.422. The molecular formula is C15H23NO3. The molecule has 0 radical (unpaired) electrons. The van der Waals surface area contributed by atoms with Crippen LogP contribution in [-0.2, 0) is 9.59 Å². The Morgan fingerprint density at radius 2 is 1.89 bits per heavy atom. The standard InChI is InChI=1S/C15H23NO3/c1-15(2,14(18)19)12-8-5-9-16(10-12)13(17)11-6-3-4-7-11/h3-4,11-12H,5-10H2,1-2H3,(H,18,19)/t12-/m1/s1. The van der Waals surface area contributed by atoms with Crippen LogP contribution in [0, 0.1) is 17.3 Å². The van der Waals surface area contributed by atoms with Gasteiger partial charge in [-0.3, -0.25) is 9.59 Å². The highest BCUT2D eigenvalue weighted by atomic mass is 16.4. The van der Waals surface area contributed by atoms with Crippen LogP contribution in [0.3, 0.4) is 0 Å². The van der Waals surface area contributed by atoms with Crippen molar-refractivity contribution in [3.8, 4) is 0 Å². The molecule has 106 valence electrons. The fraction of sp³-hybridized carbons (Fsp3) is 0.733. The first-order valence-corrected chi connectivity index (χ1v) is 7.10. The van der Waals surface area contributed by atoms with Crippen LogP contribution in [0.2, 0.25) is 0 Å². The van der Waals surface area contributed by atoms with E-state index < -0.39 is 11.4 Å². The van der Waals surface area contributed by atoms with Gasteiger partial charge in [0.25, 0.3) is 0 Å². The van der Waals surface area contributed by atoms with E-state index in [1.807, 2.05) is 4.90 Å². The molecule has 0 aromatic rings. The largest absolute Gasteiger partial charge is 0.481 e. The normalized spacial score (nSPS) is 24.7. The predicted octanol–water partition coefficient (Wildman–Crippen LogP) is 2.30. The summed E-state index contributed by atoms with van der Waals surface area (Å²) in [4.78, 5) is 25.6. The van der Waals surface area contributed by atoms with E-state index in [9.17, 15) is 14.7 Å². The van der Waals surface area contributed by atoms with E-state index in [4.69, 9.17) is 0 Å². The summed E-state index contributed by atoms with van der Waals surface area (Å²) in [6, 6.07) is 0. The van der Waals surface area contributed by atoms with Gasteiger partial charge >= 0.3 is 5.97 Å². The molecule has 0 spiro atoms. The highest BCUT2D eigenvalue weighted by Gasteiger charge is 2.40. The van der Waals surface area contributed by atoms with E-state index in [1.54, 1.807) is 13.8 Å². The molecular weight excluding hydrogens is 242 g/mol. The van der Waals surface area contributed by atoms with Gasteiger partial charge < -0.3 is 10.0 Å². The molecule has 1 heterocycles. The summed E-state index contributed by atoms with van der Waals surface area (Å²) in [6.45, 7) is 4.91. The number of rotatable bonds is 3. The number of hydrogen-bond donors (Lipinski definition) is 1. The Morgan fingerprint density at radius 3 is 2.47 bits per heavy atom. The second kappa shape index (κ2) is 5.35. The lowest BCUT2D eigenvalue weighted by Gasteiger charge is -2.40. The number of carboxylic acids is 1. The quantitative estimate of drug-likeness (QED) is 0.797. The Balaban J connectivity index is 2.01. The Bertz CT molecular complexity index is 392. The van der Waals surface area contributed by atoms with Gasteiger partial charge in [0, 0.05) is 19.0 Å². The minimum absolute atomic E-state index is 0.0528. The number of likely N-dealkylation sites (tertiary alicyclic amines) is 1. The number of carbonyl (C=O) groups is 2. The number of allylic oxidation sites excluding steroid dienone is 2. The van der Waals surface area contributed by atoms with Gasteiger partial charge in [0.05, 0.1) is 5.41 Å². The Labute approximate surface area is 114 Å². The number of piperidine rings is 1. The van der Waals surface area contributed by atoms with Crippen molar-refractivity contribution in [1.29, 1.82) is 0 Å². The molecule has 2 aliphatic rings. The van der Waals surface area contributed by atoms with E-state index in [0.717, 1.165) is 32.2 Å². The van der Waals surface area contributed by atoms with Crippen LogP contribution in [0.15, 0.2) is 12.2 Å². The fourth-order valence-corrected chi connectivity index (χ4v) is 3.02. The first kappa shape index (κ1) is 14.1. The highest BCUT2D eigenvalue weighted by molar-refractivity contribution is 5.80. The molecule has 0 aromatic carbocycles. The summed E-state index contributed by atoms with van der Waals surface area (Å²) in [6.07, 6.45) is 7.60. The smallest absolute Gasteiger partial charge is 0.309 e. The molecule has 1 N–H and O–H groups in total. The molecule has 1 fully saturated rings. The van der Waals surface area contributed by atoms with Gasteiger partial charge in [-0.2, -0.15) is 0 Å². The van der Waals surface area contributed by atoms with Crippen LogP contribution >= 0.6 is 0 Å². The lowest BCUT2D eigenvalue weighted by molar-refractivity contribution is -0.153. The molecule has 4 nitrogen and oxygen atoms in total. The summed E-state index contributed by atoms with van der Waals surface area (Å²) in [5.41, 5.74) is -0.757. The van der Waals surface area contributed by atoms with E-state index >= 15 is 0 Å². The summed E-state index contributed by atoms with van der Waals surface area (Å²) in [5, 5.41) is 9.32. The molecule has 1 amide bonds. The van der Waals surface area contributed by atoms with Gasteiger partial charge in [-0.1, -0.05) is 12.2 Å². The second-order valence-corrected chi connectivity index (χ2v) is 6.29. The number of hydrogen-bond acceptors (Lipinski definition) is 2. The van der Waals surface area contributed by atoms with Crippen LogP contribution < -0.4 is 0 Å². The lowest BCUT2D eigenvalue weighted by atomic mass is 9.74. The zero-order chi connectivity index (χ0) is 14.0. The lowest BCUT2D eigenvalue weighted by Crippen LogP contribution is -2.48. The number of nitrogens with zero attached hydrogens (tertiary/aromatic N) is 1. The van der Waals surface area contributed by atoms with E-state index in [0.29, 0.717) is 6.54 Å². The van der Waals surface area contributed by atoms with Crippen molar-refractivity contribution in [2.75, 3.05) is 13.1 Å². The van der Waals surface area contributed by atoms with E-state index in [2.05, 4.69) is 12.2 Å². The molecule has 1 saturated heterocycles. The third-order valence-electron chi connectivity index (χ3n) is 4.66. The van der Waals surface area contributed by atoms with E-state index in [-0.39, 0.29) is 17.7 Å². The van der Waals surface area contributed by atoms with Gasteiger partial charge in [-0.15, -0.1) is 0 Å². The Morgan fingerprint density at radius 1 is 1.26 bits per heavy atom. The second-order valence-electron chi connectivity index (χ2n) is 6.29. The zero-order valence-electron chi connectivity index (χ0n) is 11.8. The number of amides is 1. The highest BCUT2D eigenvalue weighted by Crippen LogP contribution is 2.35. The molecule has 0 aromatic heterocycles. The average molecular weight is 265 g/mol. The minimum Gasteiger partial charge on any atom is -0.481 e. The predicted molar refractivity (Wildman–Crippen MR) is 72.6 cm³/mol. The minimum atomic E-state index is -0.769. The van der Waals surface area contributed by atoms with Gasteiger partial charge in [0.15, 0.2) is 0 Å². The van der Waals surface area contributed by atoms with Gasteiger partial charge in [0.2, 0.25) is 5.91 Å². The number of carbonyl (C=O) groups excluding carboxylic acids is 1. The monoisotopic (exact) mass is 265 g/mol. The van der Waals surface area contributed by atoms with Crippen molar-refractivity contribution in [2.24, 2.45) is 17.3 Å². The first-order chi connectivity index (χ1) is 8.93. The van der Waals surface area contributed by atoms with Crippen LogP contribution in [0.5, 0.6) is 0 Å². The van der Waals surface area contributed by atoms with Crippen molar-refractivity contribution in [3.63, 3.8) is 0 Å². The molecule has 1 aliphatic heterocycles. The van der Waals surface area contributed by atoms with Crippen molar-refractivity contribution in [1.82, 2.24) is 4.90 Å². The summed E-state index contributed by atoms with van der Waals surface area (Å²) >= 11 is 0. The molecule has 2 rings (SSSR count). The Hall–Kier alpha value is -1.32. The van der Waals surface area contributed by atoms with E-state index in [1.165, 1.54) is 0 Å². The SMILES string of the molecule is CC(C)(C(=O)O)[C@@H]1CCCN(C(=O)C2CC=CC2)C1. The maximum atomic E-state index is 12.4. The molecule has 19 heavy (non-hydrogen) atoms. The van der Waals surface area contributed by atoms with Crippen molar-refractivity contribution in [2.45, 2.75) is 39.5 Å². The Kier molecular flexibility index (Phi) is 3.97. The number of aliphatic carboxylic acids is 1. The molecule has 0 bridgehead atoms. The molecule has 4 heteroatoms. The van der Waals surface area contributed by atoms with Gasteiger partial charge in [0.1, 0.15) is 0 Å². The van der Waals surface area contributed by atoms with Crippen LogP contribution in [0.1, 0.15) is 39.5 Å². The maximum Gasteiger partial charge on any atom is 0.309 e. The van der Waals surface area contributed by atoms with Crippen molar-refractivity contribution < 1.29 is 14.7 Å². The summed E-state index contributed by atoms with van der Waals surface area (Å²) < 4.78 is 0. The molecule has 1 atom stereocenters. The van der Waals surface area contributed by atoms with Crippen molar-refractivity contribution >= 4 is 11.9 Å².